The minimum absolute atomic E-state index is 0.0765. The lowest BCUT2D eigenvalue weighted by molar-refractivity contribution is -0.147. The number of ether oxygens (including phenoxy) is 1. The van der Waals surface area contributed by atoms with Crippen LogP contribution in [0.3, 0.4) is 0 Å². The second kappa shape index (κ2) is 3.62. The van der Waals surface area contributed by atoms with E-state index in [1.807, 2.05) is 25.3 Å². The molecule has 0 amide bonds. The van der Waals surface area contributed by atoms with Crippen LogP contribution in [0.1, 0.15) is 25.3 Å². The number of benzene rings is 1. The summed E-state index contributed by atoms with van der Waals surface area (Å²) in [6.07, 6.45) is 4.15. The molecule has 17 heavy (non-hydrogen) atoms. The third-order valence-corrected chi connectivity index (χ3v) is 3.46. The third kappa shape index (κ3) is 1.82. The minimum atomic E-state index is -0.331. The number of aromatic nitrogens is 1. The third-order valence-electron chi connectivity index (χ3n) is 3.46. The standard InChI is InChI=1S/C14H15NO2/c1-14(7-6-13(16)17-14)8-10-9-15-12-5-3-2-4-11(10)12/h2-5,9,15H,6-8H2,1H3. The number of H-pyrrole nitrogens is 1. The number of fused-ring (bicyclic) bond motifs is 1. The van der Waals surface area contributed by atoms with Crippen LogP contribution >= 0.6 is 0 Å². The Morgan fingerprint density at radius 2 is 2.24 bits per heavy atom. The molecule has 88 valence electrons. The largest absolute Gasteiger partial charge is 0.459 e. The number of carbonyl (C=O) groups excluding carboxylic acids is 1. The highest BCUT2D eigenvalue weighted by molar-refractivity contribution is 5.83. The highest BCUT2D eigenvalue weighted by Crippen LogP contribution is 2.32. The van der Waals surface area contributed by atoms with E-state index in [1.54, 1.807) is 0 Å². The topological polar surface area (TPSA) is 42.1 Å². The van der Waals surface area contributed by atoms with Gasteiger partial charge in [0.15, 0.2) is 0 Å². The molecule has 1 N–H and O–H groups in total. The van der Waals surface area contributed by atoms with E-state index in [2.05, 4.69) is 17.1 Å². The Hall–Kier alpha value is -1.77. The number of esters is 1. The fraction of sp³-hybridized carbons (Fsp3) is 0.357. The molecular weight excluding hydrogens is 214 g/mol. The number of nitrogens with one attached hydrogen (secondary N) is 1. The first kappa shape index (κ1) is 10.4. The fourth-order valence-electron chi connectivity index (χ4n) is 2.55. The molecule has 1 aliphatic heterocycles. The maximum atomic E-state index is 11.2. The maximum absolute atomic E-state index is 11.2. The van der Waals surface area contributed by atoms with Crippen molar-refractivity contribution in [2.75, 3.05) is 0 Å². The quantitative estimate of drug-likeness (QED) is 0.804. The van der Waals surface area contributed by atoms with E-state index in [0.717, 1.165) is 18.4 Å². The zero-order valence-corrected chi connectivity index (χ0v) is 9.82. The summed E-state index contributed by atoms with van der Waals surface area (Å²) in [6, 6.07) is 8.20. The number of rotatable bonds is 2. The summed E-state index contributed by atoms with van der Waals surface area (Å²) < 4.78 is 5.42. The number of carbonyl (C=O) groups is 1. The van der Waals surface area contributed by atoms with Crippen molar-refractivity contribution in [1.82, 2.24) is 4.98 Å². The Bertz CT molecular complexity index is 572. The van der Waals surface area contributed by atoms with Crippen LogP contribution in [-0.2, 0) is 16.0 Å². The van der Waals surface area contributed by atoms with Crippen molar-refractivity contribution >= 4 is 16.9 Å². The van der Waals surface area contributed by atoms with Crippen molar-refractivity contribution in [1.29, 1.82) is 0 Å². The van der Waals surface area contributed by atoms with Crippen LogP contribution < -0.4 is 0 Å². The molecule has 3 rings (SSSR count). The van der Waals surface area contributed by atoms with E-state index in [0.29, 0.717) is 6.42 Å². The Kier molecular flexibility index (Phi) is 2.21. The summed E-state index contributed by atoms with van der Waals surface area (Å²) in [5.74, 6) is -0.0765. The molecule has 1 atom stereocenters. The molecule has 1 aromatic carbocycles. The molecule has 3 nitrogen and oxygen atoms in total. The van der Waals surface area contributed by atoms with E-state index in [9.17, 15) is 4.79 Å². The highest BCUT2D eigenvalue weighted by Gasteiger charge is 2.36. The molecular formula is C14H15NO2. The molecule has 1 fully saturated rings. The molecule has 1 unspecified atom stereocenters. The van der Waals surface area contributed by atoms with Crippen LogP contribution in [0.5, 0.6) is 0 Å². The van der Waals surface area contributed by atoms with Crippen molar-refractivity contribution in [2.24, 2.45) is 0 Å². The van der Waals surface area contributed by atoms with Crippen molar-refractivity contribution in [3.8, 4) is 0 Å². The van der Waals surface area contributed by atoms with Crippen molar-refractivity contribution in [3.63, 3.8) is 0 Å². The monoisotopic (exact) mass is 229 g/mol. The number of aromatic amines is 1. The van der Waals surface area contributed by atoms with Crippen LogP contribution in [0.4, 0.5) is 0 Å². The van der Waals surface area contributed by atoms with Gasteiger partial charge in [0.1, 0.15) is 5.60 Å². The summed E-state index contributed by atoms with van der Waals surface area (Å²) in [5, 5.41) is 1.22. The van der Waals surface area contributed by atoms with Gasteiger partial charge in [-0.3, -0.25) is 4.79 Å². The molecule has 0 spiro atoms. The number of cyclic esters (lactones) is 1. The van der Waals surface area contributed by atoms with Gasteiger partial charge >= 0.3 is 5.97 Å². The van der Waals surface area contributed by atoms with E-state index < -0.39 is 0 Å². The molecule has 0 radical (unpaired) electrons. The van der Waals surface area contributed by atoms with Gasteiger partial charge in [0, 0.05) is 29.9 Å². The van der Waals surface area contributed by atoms with E-state index in [4.69, 9.17) is 4.74 Å². The molecule has 2 aromatic rings. The second-order valence-electron chi connectivity index (χ2n) is 4.96. The first-order valence-corrected chi connectivity index (χ1v) is 5.93. The maximum Gasteiger partial charge on any atom is 0.306 e. The predicted molar refractivity (Wildman–Crippen MR) is 65.7 cm³/mol. The SMILES string of the molecule is CC1(Cc2c[nH]c3ccccc23)CCC(=O)O1. The molecule has 1 aromatic heterocycles. The van der Waals surface area contributed by atoms with E-state index in [1.165, 1.54) is 10.9 Å². The van der Waals surface area contributed by atoms with Crippen LogP contribution in [0, 0.1) is 0 Å². The Morgan fingerprint density at radius 1 is 1.41 bits per heavy atom. The summed E-state index contributed by atoms with van der Waals surface area (Å²) >= 11 is 0. The molecule has 0 saturated carbocycles. The number of hydrogen-bond acceptors (Lipinski definition) is 2. The van der Waals surface area contributed by atoms with Crippen LogP contribution in [0.15, 0.2) is 30.5 Å². The van der Waals surface area contributed by atoms with Crippen LogP contribution in [0.2, 0.25) is 0 Å². The molecule has 2 heterocycles. The summed E-state index contributed by atoms with van der Waals surface area (Å²) in [4.78, 5) is 14.5. The lowest BCUT2D eigenvalue weighted by atomic mass is 9.93. The molecule has 1 saturated heterocycles. The van der Waals surface area contributed by atoms with Crippen LogP contribution in [0.25, 0.3) is 10.9 Å². The van der Waals surface area contributed by atoms with Gasteiger partial charge in [-0.1, -0.05) is 18.2 Å². The summed E-state index contributed by atoms with van der Waals surface area (Å²) in [5.41, 5.74) is 2.02. The number of para-hydroxylation sites is 1. The van der Waals surface area contributed by atoms with Gasteiger partial charge in [-0.05, 0) is 25.0 Å². The van der Waals surface area contributed by atoms with Gasteiger partial charge in [-0.2, -0.15) is 0 Å². The zero-order valence-electron chi connectivity index (χ0n) is 9.82. The van der Waals surface area contributed by atoms with Gasteiger partial charge in [-0.25, -0.2) is 0 Å². The van der Waals surface area contributed by atoms with Gasteiger partial charge in [0.2, 0.25) is 0 Å². The van der Waals surface area contributed by atoms with Crippen molar-refractivity contribution in [3.05, 3.63) is 36.0 Å². The van der Waals surface area contributed by atoms with Gasteiger partial charge in [0.25, 0.3) is 0 Å². The molecule has 3 heteroatoms. The van der Waals surface area contributed by atoms with Crippen LogP contribution in [-0.4, -0.2) is 16.6 Å². The summed E-state index contributed by atoms with van der Waals surface area (Å²) in [7, 11) is 0. The average molecular weight is 229 g/mol. The van der Waals surface area contributed by atoms with Gasteiger partial charge in [-0.15, -0.1) is 0 Å². The predicted octanol–water partition coefficient (Wildman–Crippen LogP) is 2.81. The minimum Gasteiger partial charge on any atom is -0.459 e. The van der Waals surface area contributed by atoms with Crippen molar-refractivity contribution in [2.45, 2.75) is 31.8 Å². The fourth-order valence-corrected chi connectivity index (χ4v) is 2.55. The van der Waals surface area contributed by atoms with Gasteiger partial charge < -0.3 is 9.72 Å². The Labute approximate surface area is 99.8 Å². The highest BCUT2D eigenvalue weighted by atomic mass is 16.6. The lowest BCUT2D eigenvalue weighted by Gasteiger charge is -2.21. The zero-order chi connectivity index (χ0) is 11.9. The molecule has 1 aliphatic rings. The summed E-state index contributed by atoms with van der Waals surface area (Å²) in [6.45, 7) is 2.01. The molecule has 0 bridgehead atoms. The number of hydrogen-bond donors (Lipinski definition) is 1. The van der Waals surface area contributed by atoms with E-state index >= 15 is 0 Å². The smallest absolute Gasteiger partial charge is 0.306 e. The lowest BCUT2D eigenvalue weighted by Crippen LogP contribution is -2.26. The average Bonchev–Trinajstić information content (AvgIpc) is 2.85. The Morgan fingerprint density at radius 3 is 3.00 bits per heavy atom. The normalized spacial score (nSPS) is 24.2. The first-order chi connectivity index (χ1) is 8.16. The van der Waals surface area contributed by atoms with Gasteiger partial charge in [0.05, 0.1) is 0 Å². The molecule has 0 aliphatic carbocycles. The van der Waals surface area contributed by atoms with Crippen molar-refractivity contribution < 1.29 is 9.53 Å². The first-order valence-electron chi connectivity index (χ1n) is 5.93. The second-order valence-corrected chi connectivity index (χ2v) is 4.96. The van der Waals surface area contributed by atoms with E-state index in [-0.39, 0.29) is 11.6 Å². The Balaban J connectivity index is 1.92.